The summed E-state index contributed by atoms with van der Waals surface area (Å²) in [4.78, 5) is 1.24. The Kier molecular flexibility index (Phi) is 5.71. The van der Waals surface area contributed by atoms with E-state index in [2.05, 4.69) is 19.2 Å². The Morgan fingerprint density at radius 1 is 1.37 bits per heavy atom. The second-order valence-electron chi connectivity index (χ2n) is 5.42. The summed E-state index contributed by atoms with van der Waals surface area (Å²) in [6.45, 7) is 5.10. The van der Waals surface area contributed by atoms with Gasteiger partial charge in [0.1, 0.15) is 5.82 Å². The van der Waals surface area contributed by atoms with Gasteiger partial charge in [0.25, 0.3) is 0 Å². The van der Waals surface area contributed by atoms with Crippen molar-refractivity contribution >= 4 is 11.8 Å². The summed E-state index contributed by atoms with van der Waals surface area (Å²) in [6.07, 6.45) is 5.50. The summed E-state index contributed by atoms with van der Waals surface area (Å²) >= 11 is 1.90. The fourth-order valence-electron chi connectivity index (χ4n) is 2.79. The minimum absolute atomic E-state index is 0.134. The largest absolute Gasteiger partial charge is 0.310 e. The van der Waals surface area contributed by atoms with Crippen LogP contribution in [0.4, 0.5) is 4.39 Å². The van der Waals surface area contributed by atoms with E-state index in [0.717, 1.165) is 18.0 Å². The first-order chi connectivity index (χ1) is 9.20. The zero-order valence-electron chi connectivity index (χ0n) is 11.9. The van der Waals surface area contributed by atoms with Gasteiger partial charge in [-0.15, -0.1) is 11.8 Å². The van der Waals surface area contributed by atoms with Crippen molar-refractivity contribution in [3.05, 3.63) is 29.6 Å². The minimum atomic E-state index is -0.134. The molecule has 1 N–H and O–H groups in total. The zero-order chi connectivity index (χ0) is 13.7. The van der Waals surface area contributed by atoms with Crippen molar-refractivity contribution in [2.45, 2.75) is 50.5 Å². The monoisotopic (exact) mass is 281 g/mol. The molecule has 0 heterocycles. The van der Waals surface area contributed by atoms with Gasteiger partial charge in [-0.1, -0.05) is 19.8 Å². The van der Waals surface area contributed by atoms with E-state index < -0.39 is 0 Å². The molecular weight excluding hydrogens is 257 g/mol. The van der Waals surface area contributed by atoms with Crippen LogP contribution in [0.15, 0.2) is 23.1 Å². The maximum Gasteiger partial charge on any atom is 0.123 e. The van der Waals surface area contributed by atoms with Crippen molar-refractivity contribution in [1.29, 1.82) is 0 Å². The molecule has 0 bridgehead atoms. The molecule has 0 saturated heterocycles. The van der Waals surface area contributed by atoms with Crippen molar-refractivity contribution in [1.82, 2.24) is 5.32 Å². The normalized spacial score (nSPS) is 17.8. The quantitative estimate of drug-likeness (QED) is 0.753. The fraction of sp³-hybridized carbons (Fsp3) is 0.625. The number of hydrogen-bond acceptors (Lipinski definition) is 2. The lowest BCUT2D eigenvalue weighted by Gasteiger charge is -2.18. The van der Waals surface area contributed by atoms with Crippen molar-refractivity contribution in [2.24, 2.45) is 5.92 Å². The van der Waals surface area contributed by atoms with Gasteiger partial charge < -0.3 is 5.32 Å². The highest BCUT2D eigenvalue weighted by Gasteiger charge is 2.17. The van der Waals surface area contributed by atoms with Gasteiger partial charge in [-0.05, 0) is 56.0 Å². The molecule has 1 aliphatic carbocycles. The van der Waals surface area contributed by atoms with E-state index in [1.807, 2.05) is 17.8 Å². The number of thioether (sulfide) groups is 1. The van der Waals surface area contributed by atoms with Gasteiger partial charge in [-0.25, -0.2) is 4.39 Å². The molecule has 1 aromatic carbocycles. The SMILES string of the molecule is CCNC(C)c1cc(F)ccc1SCC1CCCC1. The molecule has 1 atom stereocenters. The maximum atomic E-state index is 13.5. The topological polar surface area (TPSA) is 12.0 Å². The number of benzene rings is 1. The van der Waals surface area contributed by atoms with Crippen LogP contribution in [0.5, 0.6) is 0 Å². The fourth-order valence-corrected chi connectivity index (χ4v) is 4.11. The average molecular weight is 281 g/mol. The molecule has 19 heavy (non-hydrogen) atoms. The van der Waals surface area contributed by atoms with E-state index in [0.29, 0.717) is 0 Å². The molecule has 0 radical (unpaired) electrons. The third kappa shape index (κ3) is 4.22. The molecule has 0 amide bonds. The molecule has 1 fully saturated rings. The van der Waals surface area contributed by atoms with Crippen LogP contribution in [-0.4, -0.2) is 12.3 Å². The Balaban J connectivity index is 2.04. The molecular formula is C16H24FNS. The van der Waals surface area contributed by atoms with Gasteiger partial charge in [0.05, 0.1) is 0 Å². The van der Waals surface area contributed by atoms with Crippen LogP contribution in [0.3, 0.4) is 0 Å². The number of nitrogens with one attached hydrogen (secondary N) is 1. The molecule has 1 aliphatic rings. The molecule has 0 aliphatic heterocycles. The molecule has 0 aromatic heterocycles. The summed E-state index contributed by atoms with van der Waals surface area (Å²) in [5.74, 6) is 1.90. The standard InChI is InChI=1S/C16H24FNS/c1-3-18-12(2)15-10-14(17)8-9-16(15)19-11-13-6-4-5-7-13/h8-10,12-13,18H,3-7,11H2,1-2H3. The van der Waals surface area contributed by atoms with Crippen LogP contribution in [0, 0.1) is 11.7 Å². The summed E-state index contributed by atoms with van der Waals surface area (Å²) in [7, 11) is 0. The predicted octanol–water partition coefficient (Wildman–Crippen LogP) is 4.78. The average Bonchev–Trinajstić information content (AvgIpc) is 2.90. The summed E-state index contributed by atoms with van der Waals surface area (Å²) < 4.78 is 13.5. The Morgan fingerprint density at radius 2 is 2.11 bits per heavy atom. The second kappa shape index (κ2) is 7.30. The third-order valence-electron chi connectivity index (χ3n) is 3.90. The van der Waals surface area contributed by atoms with E-state index in [1.54, 1.807) is 12.1 Å². The first kappa shape index (κ1) is 14.9. The Hall–Kier alpha value is -0.540. The van der Waals surface area contributed by atoms with Crippen LogP contribution in [0.1, 0.15) is 51.1 Å². The van der Waals surface area contributed by atoms with Crippen LogP contribution in [-0.2, 0) is 0 Å². The molecule has 1 aromatic rings. The van der Waals surface area contributed by atoms with Crippen LogP contribution >= 0.6 is 11.8 Å². The van der Waals surface area contributed by atoms with Crippen molar-refractivity contribution in [2.75, 3.05) is 12.3 Å². The Labute approximate surface area is 120 Å². The van der Waals surface area contributed by atoms with E-state index in [1.165, 1.54) is 36.3 Å². The highest BCUT2D eigenvalue weighted by Crippen LogP contribution is 2.34. The maximum absolute atomic E-state index is 13.5. The van der Waals surface area contributed by atoms with E-state index in [9.17, 15) is 4.39 Å². The van der Waals surface area contributed by atoms with E-state index in [4.69, 9.17) is 0 Å². The lowest BCUT2D eigenvalue weighted by atomic mass is 10.1. The first-order valence-electron chi connectivity index (χ1n) is 7.36. The Morgan fingerprint density at radius 3 is 2.79 bits per heavy atom. The van der Waals surface area contributed by atoms with E-state index in [-0.39, 0.29) is 11.9 Å². The highest BCUT2D eigenvalue weighted by molar-refractivity contribution is 7.99. The van der Waals surface area contributed by atoms with Crippen molar-refractivity contribution in [3.63, 3.8) is 0 Å². The molecule has 0 spiro atoms. The van der Waals surface area contributed by atoms with Crippen LogP contribution in [0.25, 0.3) is 0 Å². The molecule has 2 rings (SSSR count). The summed E-state index contributed by atoms with van der Waals surface area (Å²) in [6, 6.07) is 5.42. The number of rotatable bonds is 6. The van der Waals surface area contributed by atoms with Gasteiger partial charge in [0.15, 0.2) is 0 Å². The molecule has 1 saturated carbocycles. The third-order valence-corrected chi connectivity index (χ3v) is 5.22. The van der Waals surface area contributed by atoms with Crippen molar-refractivity contribution < 1.29 is 4.39 Å². The number of hydrogen-bond donors (Lipinski definition) is 1. The summed E-state index contributed by atoms with van der Waals surface area (Å²) in [5, 5.41) is 3.38. The van der Waals surface area contributed by atoms with Crippen LogP contribution < -0.4 is 5.32 Å². The lowest BCUT2D eigenvalue weighted by Crippen LogP contribution is -2.18. The van der Waals surface area contributed by atoms with Crippen molar-refractivity contribution in [3.8, 4) is 0 Å². The van der Waals surface area contributed by atoms with Gasteiger partial charge in [0, 0.05) is 16.7 Å². The minimum Gasteiger partial charge on any atom is -0.310 e. The predicted molar refractivity (Wildman–Crippen MR) is 81.2 cm³/mol. The molecule has 1 unspecified atom stereocenters. The second-order valence-corrected chi connectivity index (χ2v) is 6.48. The molecule has 3 heteroatoms. The smallest absolute Gasteiger partial charge is 0.123 e. The van der Waals surface area contributed by atoms with Gasteiger partial charge >= 0.3 is 0 Å². The van der Waals surface area contributed by atoms with Gasteiger partial charge in [-0.3, -0.25) is 0 Å². The number of halogens is 1. The lowest BCUT2D eigenvalue weighted by molar-refractivity contribution is 0.573. The summed E-state index contributed by atoms with van der Waals surface area (Å²) in [5.41, 5.74) is 1.10. The van der Waals surface area contributed by atoms with Crippen LogP contribution in [0.2, 0.25) is 0 Å². The van der Waals surface area contributed by atoms with Gasteiger partial charge in [-0.2, -0.15) is 0 Å². The molecule has 1 nitrogen and oxygen atoms in total. The first-order valence-corrected chi connectivity index (χ1v) is 8.35. The highest BCUT2D eigenvalue weighted by atomic mass is 32.2. The molecule has 106 valence electrons. The van der Waals surface area contributed by atoms with E-state index >= 15 is 0 Å². The van der Waals surface area contributed by atoms with Gasteiger partial charge in [0.2, 0.25) is 0 Å². The Bertz CT molecular complexity index is 402. The zero-order valence-corrected chi connectivity index (χ0v) is 12.7.